The first-order chi connectivity index (χ1) is 39.7. The smallest absolute Gasteiger partial charge is 0.326 e. The molecule has 3 aromatic heterocycles. The highest BCUT2D eigenvalue weighted by Crippen LogP contribution is 2.20. The molecule has 8 atom stereocenters. The molecule has 3 heterocycles. The monoisotopic (exact) mass is 1200 g/mol. The van der Waals surface area contributed by atoms with Crippen LogP contribution in [0.5, 0.6) is 0 Å². The molecule has 4 aromatic rings. The Morgan fingerprint density at radius 3 is 1.69 bits per heavy atom. The largest absolute Gasteiger partial charge is 0.480 e. The van der Waals surface area contributed by atoms with Gasteiger partial charge in [-0.05, 0) is 80.7 Å². The van der Waals surface area contributed by atoms with Crippen molar-refractivity contribution in [3.63, 3.8) is 0 Å². The van der Waals surface area contributed by atoms with E-state index in [-0.39, 0.29) is 63.9 Å². The number of carboxylic acid groups (broad SMARTS) is 1. The number of amides is 9. The summed E-state index contributed by atoms with van der Waals surface area (Å²) in [6, 6.07) is -3.51. The van der Waals surface area contributed by atoms with Crippen LogP contribution in [0.25, 0.3) is 10.9 Å². The Bertz CT molecular complexity index is 2800. The molecule has 0 fully saturated rings. The van der Waals surface area contributed by atoms with Gasteiger partial charge in [0.15, 0.2) is 5.96 Å². The first-order valence-electron chi connectivity index (χ1n) is 26.6. The lowest BCUT2D eigenvalue weighted by atomic mass is 10.0. The number of unbranched alkanes of at least 4 members (excludes halogenated alkanes) is 1. The van der Waals surface area contributed by atoms with Crippen LogP contribution >= 0.6 is 23.5 Å². The number of imidazole rings is 2. The Kier molecular flexibility index (Phi) is 28.8. The van der Waals surface area contributed by atoms with Gasteiger partial charge in [-0.25, -0.2) is 14.8 Å². The summed E-state index contributed by atoms with van der Waals surface area (Å²) in [5, 5.41) is 31.3. The topological polar surface area (TPSA) is 503 Å². The molecule has 0 spiro atoms. The molecule has 30 nitrogen and oxygen atoms in total. The summed E-state index contributed by atoms with van der Waals surface area (Å²) in [4.78, 5) is 156. The zero-order valence-corrected chi connectivity index (χ0v) is 47.8. The minimum Gasteiger partial charge on any atom is -0.480 e. The molecule has 9 amide bonds. The minimum absolute atomic E-state index is 0.00102. The number of aliphatic imine (C=N–C) groups is 1. The maximum atomic E-state index is 14.5. The predicted octanol–water partition coefficient (Wildman–Crippen LogP) is -3.87. The van der Waals surface area contributed by atoms with Crippen LogP contribution in [0.2, 0.25) is 0 Å². The van der Waals surface area contributed by atoms with Crippen molar-refractivity contribution < 1.29 is 53.1 Å². The number of hydrogen-bond acceptors (Lipinski definition) is 17. The number of aromatic amines is 3. The van der Waals surface area contributed by atoms with Gasteiger partial charge in [0.05, 0.1) is 31.7 Å². The second kappa shape index (κ2) is 35.6. The molecular formula is C51H77N19O11S2. The van der Waals surface area contributed by atoms with Crippen molar-refractivity contribution in [2.75, 3.05) is 43.7 Å². The second-order valence-corrected chi connectivity index (χ2v) is 21.2. The summed E-state index contributed by atoms with van der Waals surface area (Å²) in [7, 11) is 0. The highest BCUT2D eigenvalue weighted by molar-refractivity contribution is 7.98. The number of guanidine groups is 1. The van der Waals surface area contributed by atoms with Crippen molar-refractivity contribution in [2.24, 2.45) is 33.7 Å². The van der Waals surface area contributed by atoms with E-state index in [9.17, 15) is 53.1 Å². The van der Waals surface area contributed by atoms with Gasteiger partial charge < -0.3 is 91.3 Å². The quantitative estimate of drug-likeness (QED) is 0.0115. The number of benzene rings is 1. The summed E-state index contributed by atoms with van der Waals surface area (Å²) in [6.07, 6.45) is 11.3. The Morgan fingerprint density at radius 1 is 0.602 bits per heavy atom. The lowest BCUT2D eigenvalue weighted by Gasteiger charge is -2.26. The van der Waals surface area contributed by atoms with Gasteiger partial charge in [-0.3, -0.25) is 48.1 Å². The zero-order valence-electron chi connectivity index (χ0n) is 46.2. The van der Waals surface area contributed by atoms with Gasteiger partial charge in [-0.2, -0.15) is 23.5 Å². The van der Waals surface area contributed by atoms with Gasteiger partial charge in [0, 0.05) is 66.7 Å². The van der Waals surface area contributed by atoms with Crippen LogP contribution in [0, 0.1) is 0 Å². The van der Waals surface area contributed by atoms with Crippen LogP contribution in [0.4, 0.5) is 0 Å². The molecule has 0 radical (unpaired) electrons. The standard InChI is InChI=1S/C51H77N19O11S2/c1-82-16-12-35(66-49(79)39(21-41(54)71)69-45(75)34(11-7-15-59-51(55)56)65-43(73)32(53)9-5-6-14-52)44(74)61-25-42(72)64-38(19-29-23-57-26-62-29)48(78)68-37(18-28-22-60-33-10-4-3-8-31(28)33)47(77)67-36(13-17-83-2)46(76)70-40(50(80)81)20-30-24-58-27-63-30/h3-4,8,10,22-24,26-27,32,34-40,60H,5-7,9,11-21,25,52-53H2,1-2H3,(H2,54,71)(H,57,62)(H,58,63)(H,61,74)(H,64,72)(H,65,73)(H,66,79)(H,67,77)(H,68,78)(H,69,75)(H,70,76)(H,80,81)(H4,55,56,59)/t32-,34-,35-,36-,37-,38-,39-,40-/m0/s1. The molecule has 0 aliphatic heterocycles. The summed E-state index contributed by atoms with van der Waals surface area (Å²) < 4.78 is 0. The van der Waals surface area contributed by atoms with Crippen LogP contribution < -0.4 is 71.2 Å². The number of rotatable bonds is 39. The average molecular weight is 1200 g/mol. The third-order valence-electron chi connectivity index (χ3n) is 12.8. The molecule has 1 aromatic carbocycles. The molecule has 0 aliphatic rings. The molecule has 0 bridgehead atoms. The van der Waals surface area contributed by atoms with Crippen LogP contribution in [0.15, 0.2) is 60.5 Å². The maximum Gasteiger partial charge on any atom is 0.326 e. The van der Waals surface area contributed by atoms with Crippen LogP contribution in [-0.4, -0.2) is 187 Å². The summed E-state index contributed by atoms with van der Waals surface area (Å²) in [5.74, 6) is -8.56. The Balaban J connectivity index is 1.53. The molecule has 0 saturated carbocycles. The molecule has 83 heavy (non-hydrogen) atoms. The Labute approximate surface area is 486 Å². The fourth-order valence-electron chi connectivity index (χ4n) is 8.38. The SMILES string of the molecule is CSCC[C@H](NC(=O)[C@H](CC(N)=O)NC(=O)[C@H](CCCN=C(N)N)NC(=O)[C@@H](N)CCCCN)C(=O)NCC(=O)N[C@@H](Cc1cnc[nH]1)C(=O)N[C@@H](Cc1c[nH]c2ccccc12)C(=O)N[C@@H](CCSC)C(=O)N[C@@H](Cc1cnc[nH]1)C(=O)O. The van der Waals surface area contributed by atoms with E-state index in [1.807, 2.05) is 18.2 Å². The Morgan fingerprint density at radius 2 is 1.12 bits per heavy atom. The molecule has 0 aliphatic carbocycles. The van der Waals surface area contributed by atoms with Crippen LogP contribution in [0.1, 0.15) is 68.3 Å². The number of fused-ring (bicyclic) bond motifs is 1. The highest BCUT2D eigenvalue weighted by Gasteiger charge is 2.35. The summed E-state index contributed by atoms with van der Waals surface area (Å²) in [5.41, 5.74) is 30.2. The number of carbonyl (C=O) groups excluding carboxylic acids is 9. The minimum atomic E-state index is -1.65. The van der Waals surface area contributed by atoms with Crippen molar-refractivity contribution in [2.45, 2.75) is 119 Å². The fraction of sp³-hybridized carbons (Fsp3) is 0.510. The second-order valence-electron chi connectivity index (χ2n) is 19.2. The van der Waals surface area contributed by atoms with Crippen LogP contribution in [0.3, 0.4) is 0 Å². The van der Waals surface area contributed by atoms with Gasteiger partial charge in [-0.15, -0.1) is 0 Å². The molecule has 32 heteroatoms. The predicted molar refractivity (Wildman–Crippen MR) is 311 cm³/mol. The van der Waals surface area contributed by atoms with Crippen molar-refractivity contribution in [1.82, 2.24) is 67.5 Å². The molecule has 4 rings (SSSR count). The van der Waals surface area contributed by atoms with Crippen molar-refractivity contribution in [3.8, 4) is 0 Å². The van der Waals surface area contributed by atoms with E-state index in [2.05, 4.69) is 72.4 Å². The van der Waals surface area contributed by atoms with Gasteiger partial charge in [0.25, 0.3) is 0 Å². The van der Waals surface area contributed by atoms with Crippen molar-refractivity contribution in [1.29, 1.82) is 0 Å². The average Bonchev–Trinajstić information content (AvgIpc) is 4.31. The molecule has 0 unspecified atom stereocenters. The lowest BCUT2D eigenvalue weighted by molar-refractivity contribution is -0.142. The normalized spacial score (nSPS) is 14.0. The summed E-state index contributed by atoms with van der Waals surface area (Å²) in [6.45, 7) is -0.266. The number of para-hydroxylation sites is 1. The number of carbonyl (C=O) groups is 10. The van der Waals surface area contributed by atoms with Gasteiger partial charge in [-0.1, -0.05) is 24.6 Å². The number of hydrogen-bond donors (Lipinski definition) is 17. The van der Waals surface area contributed by atoms with Gasteiger partial charge in [0.2, 0.25) is 53.2 Å². The number of carboxylic acids is 1. The van der Waals surface area contributed by atoms with Crippen molar-refractivity contribution >= 4 is 99.5 Å². The number of nitrogens with one attached hydrogen (secondary N) is 11. The number of aromatic nitrogens is 5. The van der Waals surface area contributed by atoms with Gasteiger partial charge >= 0.3 is 5.97 Å². The molecular weight excluding hydrogens is 1120 g/mol. The third kappa shape index (κ3) is 23.6. The maximum absolute atomic E-state index is 14.5. The van der Waals surface area contributed by atoms with E-state index < -0.39 is 120 Å². The molecule has 22 N–H and O–H groups in total. The summed E-state index contributed by atoms with van der Waals surface area (Å²) >= 11 is 2.71. The number of aliphatic carboxylic acids is 1. The van der Waals surface area contributed by atoms with E-state index in [0.29, 0.717) is 47.8 Å². The van der Waals surface area contributed by atoms with Crippen LogP contribution in [-0.2, 0) is 67.2 Å². The first-order valence-corrected chi connectivity index (χ1v) is 29.4. The van der Waals surface area contributed by atoms with Gasteiger partial charge in [0.1, 0.15) is 42.3 Å². The van der Waals surface area contributed by atoms with E-state index in [1.54, 1.807) is 24.8 Å². The van der Waals surface area contributed by atoms with Crippen molar-refractivity contribution in [3.05, 3.63) is 72.5 Å². The molecule has 454 valence electrons. The van der Waals surface area contributed by atoms with E-state index in [1.165, 1.54) is 48.6 Å². The number of H-pyrrole nitrogens is 3. The number of thioether (sulfide) groups is 2. The first kappa shape index (κ1) is 67.3. The molecule has 0 saturated heterocycles. The number of nitrogens with zero attached hydrogens (tertiary/aromatic N) is 3. The highest BCUT2D eigenvalue weighted by atomic mass is 32.2. The number of primary amides is 1. The number of nitrogens with two attached hydrogens (primary N) is 5. The fourth-order valence-corrected chi connectivity index (χ4v) is 9.32. The van der Waals surface area contributed by atoms with E-state index in [0.717, 1.165) is 10.9 Å². The lowest BCUT2D eigenvalue weighted by Crippen LogP contribution is -2.59. The van der Waals surface area contributed by atoms with E-state index in [4.69, 9.17) is 28.7 Å². The van der Waals surface area contributed by atoms with E-state index >= 15 is 0 Å². The Hall–Kier alpha value is -8.23. The third-order valence-corrected chi connectivity index (χ3v) is 14.1. The zero-order chi connectivity index (χ0) is 60.8.